The minimum atomic E-state index is -3.00. The fourth-order valence-corrected chi connectivity index (χ4v) is 4.01. The van der Waals surface area contributed by atoms with Crippen molar-refractivity contribution in [1.82, 2.24) is 0 Å². The van der Waals surface area contributed by atoms with Crippen LogP contribution in [0, 0.1) is 11.3 Å². The molecule has 0 N–H and O–H groups in total. The first-order valence-electron chi connectivity index (χ1n) is 6.05. The van der Waals surface area contributed by atoms with Gasteiger partial charge in [-0.15, -0.1) is 0 Å². The number of nitrogens with zero attached hydrogens (tertiary/aromatic N) is 2. The van der Waals surface area contributed by atoms with Crippen molar-refractivity contribution in [2.45, 2.75) is 18.1 Å². The molecule has 4 nitrogen and oxygen atoms in total. The highest BCUT2D eigenvalue weighted by atomic mass is 79.9. The van der Waals surface area contributed by atoms with Crippen molar-refractivity contribution in [3.63, 3.8) is 0 Å². The second-order valence-corrected chi connectivity index (χ2v) is 8.00. The fourth-order valence-electron chi connectivity index (χ4n) is 2.34. The summed E-state index contributed by atoms with van der Waals surface area (Å²) < 4.78 is 24.2. The summed E-state index contributed by atoms with van der Waals surface area (Å²) in [5.74, 6) is 0. The molecule has 2 rings (SSSR count). The van der Waals surface area contributed by atoms with Gasteiger partial charge in [0.1, 0.15) is 0 Å². The van der Waals surface area contributed by atoms with Crippen LogP contribution < -0.4 is 4.90 Å². The quantitative estimate of drug-likeness (QED) is 0.827. The van der Waals surface area contributed by atoms with Gasteiger partial charge >= 0.3 is 0 Å². The van der Waals surface area contributed by atoms with E-state index in [-0.39, 0.29) is 5.25 Å². The van der Waals surface area contributed by atoms with Crippen molar-refractivity contribution in [3.8, 4) is 6.07 Å². The topological polar surface area (TPSA) is 61.2 Å². The maximum Gasteiger partial charge on any atom is 0.152 e. The lowest BCUT2D eigenvalue weighted by Gasteiger charge is -2.34. The Balaban J connectivity index is 2.25. The lowest BCUT2D eigenvalue weighted by atomic mass is 10.1. The van der Waals surface area contributed by atoms with Crippen LogP contribution in [0.1, 0.15) is 18.4 Å². The summed E-state index contributed by atoms with van der Waals surface area (Å²) in [7, 11) is -3.00. The predicted molar refractivity (Wildman–Crippen MR) is 78.9 cm³/mol. The lowest BCUT2D eigenvalue weighted by Crippen LogP contribution is -2.42. The third-order valence-corrected chi connectivity index (χ3v) is 5.63. The van der Waals surface area contributed by atoms with Gasteiger partial charge in [-0.1, -0.05) is 0 Å². The summed E-state index contributed by atoms with van der Waals surface area (Å²) in [5, 5.41) is 8.55. The Kier molecular flexibility index (Phi) is 4.16. The highest BCUT2D eigenvalue weighted by molar-refractivity contribution is 9.10. The molecule has 102 valence electrons. The molecule has 6 heteroatoms. The number of piperidine rings is 1. The minimum Gasteiger partial charge on any atom is -0.369 e. The summed E-state index contributed by atoms with van der Waals surface area (Å²) in [4.78, 5) is 2.07. The number of nitriles is 1. The molecule has 0 radical (unpaired) electrons. The Hall–Kier alpha value is -1.06. The average Bonchev–Trinajstić information content (AvgIpc) is 2.37. The van der Waals surface area contributed by atoms with E-state index in [1.165, 1.54) is 6.26 Å². The smallest absolute Gasteiger partial charge is 0.152 e. The van der Waals surface area contributed by atoms with E-state index in [0.717, 1.165) is 29.5 Å². The SMILES string of the molecule is CS(=O)(=O)[C@H]1CCCN(c2ccc(C#N)cc2Br)C1. The second kappa shape index (κ2) is 5.51. The van der Waals surface area contributed by atoms with Crippen LogP contribution in [-0.2, 0) is 9.84 Å². The molecule has 0 aromatic heterocycles. The third-order valence-electron chi connectivity index (χ3n) is 3.40. The number of halogens is 1. The predicted octanol–water partition coefficient (Wildman–Crippen LogP) is 2.33. The molecule has 1 aromatic rings. The van der Waals surface area contributed by atoms with Gasteiger partial charge in [-0.05, 0) is 47.0 Å². The van der Waals surface area contributed by atoms with E-state index in [2.05, 4.69) is 26.9 Å². The van der Waals surface area contributed by atoms with Gasteiger partial charge in [-0.2, -0.15) is 5.26 Å². The summed E-state index contributed by atoms with van der Waals surface area (Å²) >= 11 is 3.45. The van der Waals surface area contributed by atoms with Crippen LogP contribution in [0.25, 0.3) is 0 Å². The van der Waals surface area contributed by atoms with Gasteiger partial charge < -0.3 is 4.90 Å². The van der Waals surface area contributed by atoms with Crippen LogP contribution in [-0.4, -0.2) is 33.0 Å². The molecular formula is C13H15BrN2O2S. The van der Waals surface area contributed by atoms with Crippen molar-refractivity contribution >= 4 is 31.5 Å². The number of sulfone groups is 1. The molecule has 0 unspecified atom stereocenters. The van der Waals surface area contributed by atoms with E-state index in [4.69, 9.17) is 5.26 Å². The monoisotopic (exact) mass is 342 g/mol. The standard InChI is InChI=1S/C13H15BrN2O2S/c1-19(17,18)11-3-2-6-16(9-11)13-5-4-10(8-15)7-12(13)14/h4-5,7,11H,2-3,6,9H2,1H3/t11-/m0/s1. The zero-order valence-electron chi connectivity index (χ0n) is 10.6. The normalized spacial score (nSPS) is 20.1. The third kappa shape index (κ3) is 3.28. The molecule has 1 aliphatic rings. The van der Waals surface area contributed by atoms with E-state index < -0.39 is 9.84 Å². The largest absolute Gasteiger partial charge is 0.369 e. The Bertz CT molecular complexity index is 622. The first kappa shape index (κ1) is 14.4. The highest BCUT2D eigenvalue weighted by Gasteiger charge is 2.28. The number of anilines is 1. The molecule has 1 aromatic carbocycles. The van der Waals surface area contributed by atoms with Crippen molar-refractivity contribution < 1.29 is 8.42 Å². The summed E-state index contributed by atoms with van der Waals surface area (Å²) in [5.41, 5.74) is 1.54. The van der Waals surface area contributed by atoms with Gasteiger partial charge in [0, 0.05) is 23.8 Å². The molecule has 1 fully saturated rings. The lowest BCUT2D eigenvalue weighted by molar-refractivity contribution is 0.535. The van der Waals surface area contributed by atoms with Crippen molar-refractivity contribution in [3.05, 3.63) is 28.2 Å². The first-order chi connectivity index (χ1) is 8.91. The fraction of sp³-hybridized carbons (Fsp3) is 0.462. The Morgan fingerprint density at radius 2 is 2.21 bits per heavy atom. The molecular weight excluding hydrogens is 328 g/mol. The Morgan fingerprint density at radius 3 is 2.79 bits per heavy atom. The van der Waals surface area contributed by atoms with Crippen LogP contribution >= 0.6 is 15.9 Å². The molecule has 0 saturated carbocycles. The van der Waals surface area contributed by atoms with E-state index in [1.807, 2.05) is 6.07 Å². The van der Waals surface area contributed by atoms with Crippen molar-refractivity contribution in [2.75, 3.05) is 24.2 Å². The van der Waals surface area contributed by atoms with E-state index in [9.17, 15) is 8.42 Å². The highest BCUT2D eigenvalue weighted by Crippen LogP contribution is 2.30. The Morgan fingerprint density at radius 1 is 1.47 bits per heavy atom. The molecule has 0 spiro atoms. The molecule has 1 heterocycles. The summed E-state index contributed by atoms with van der Waals surface area (Å²) in [6.45, 7) is 1.36. The maximum atomic E-state index is 11.7. The molecule has 1 aliphatic heterocycles. The minimum absolute atomic E-state index is 0.302. The first-order valence-corrected chi connectivity index (χ1v) is 8.80. The molecule has 1 atom stereocenters. The molecule has 1 saturated heterocycles. The van der Waals surface area contributed by atoms with Gasteiger partial charge in [0.15, 0.2) is 9.84 Å². The van der Waals surface area contributed by atoms with Crippen LogP contribution in [0.2, 0.25) is 0 Å². The average molecular weight is 343 g/mol. The van der Waals surface area contributed by atoms with Crippen molar-refractivity contribution in [1.29, 1.82) is 5.26 Å². The van der Waals surface area contributed by atoms with Gasteiger partial charge in [-0.25, -0.2) is 8.42 Å². The van der Waals surface area contributed by atoms with E-state index in [1.54, 1.807) is 12.1 Å². The summed E-state index contributed by atoms with van der Waals surface area (Å²) in [6.07, 6.45) is 2.89. The number of hydrogen-bond acceptors (Lipinski definition) is 4. The van der Waals surface area contributed by atoms with E-state index in [0.29, 0.717) is 12.1 Å². The van der Waals surface area contributed by atoms with Crippen molar-refractivity contribution in [2.24, 2.45) is 0 Å². The zero-order valence-corrected chi connectivity index (χ0v) is 13.0. The van der Waals surface area contributed by atoms with E-state index >= 15 is 0 Å². The number of benzene rings is 1. The van der Waals surface area contributed by atoms with Crippen LogP contribution in [0.15, 0.2) is 22.7 Å². The maximum absolute atomic E-state index is 11.7. The van der Waals surface area contributed by atoms with Gasteiger partial charge in [0.2, 0.25) is 0 Å². The van der Waals surface area contributed by atoms with Gasteiger partial charge in [0.25, 0.3) is 0 Å². The number of rotatable bonds is 2. The Labute approximate surface area is 122 Å². The molecule has 0 bridgehead atoms. The van der Waals surface area contributed by atoms with Gasteiger partial charge in [-0.3, -0.25) is 0 Å². The molecule has 0 amide bonds. The number of hydrogen-bond donors (Lipinski definition) is 0. The second-order valence-electron chi connectivity index (χ2n) is 4.82. The van der Waals surface area contributed by atoms with Crippen LogP contribution in [0.4, 0.5) is 5.69 Å². The summed E-state index contributed by atoms with van der Waals surface area (Å²) in [6, 6.07) is 7.47. The molecule has 0 aliphatic carbocycles. The zero-order chi connectivity index (χ0) is 14.0. The molecule has 19 heavy (non-hydrogen) atoms. The van der Waals surface area contributed by atoms with Crippen LogP contribution in [0.5, 0.6) is 0 Å². The van der Waals surface area contributed by atoms with Gasteiger partial charge in [0.05, 0.1) is 22.6 Å². The van der Waals surface area contributed by atoms with Crippen LogP contribution in [0.3, 0.4) is 0 Å².